The summed E-state index contributed by atoms with van der Waals surface area (Å²) < 4.78 is 10.8. The molecule has 1 amide bonds. The zero-order valence-electron chi connectivity index (χ0n) is 20.0. The van der Waals surface area contributed by atoms with Crippen molar-refractivity contribution in [2.24, 2.45) is 0 Å². The third kappa shape index (κ3) is 8.00. The van der Waals surface area contributed by atoms with Gasteiger partial charge in [-0.05, 0) is 54.6 Å². The second-order valence-electron chi connectivity index (χ2n) is 9.18. The van der Waals surface area contributed by atoms with Crippen LogP contribution in [-0.2, 0) is 20.4 Å². The lowest BCUT2D eigenvalue weighted by atomic mass is 9.76. The van der Waals surface area contributed by atoms with Crippen molar-refractivity contribution in [1.82, 2.24) is 5.32 Å². The number of amides is 1. The molecule has 1 rings (SSSR count). The highest BCUT2D eigenvalue weighted by atomic mass is 16.6. The first-order valence-corrected chi connectivity index (χ1v) is 11.3. The zero-order chi connectivity index (χ0) is 22.8. The normalized spacial score (nSPS) is 11.8. The Hall–Kier alpha value is -2.04. The molecule has 0 radical (unpaired) electrons. The van der Waals surface area contributed by atoms with Crippen molar-refractivity contribution in [3.8, 4) is 5.75 Å². The van der Waals surface area contributed by atoms with Crippen LogP contribution in [0.15, 0.2) is 18.2 Å². The van der Waals surface area contributed by atoms with E-state index in [1.807, 2.05) is 6.92 Å². The van der Waals surface area contributed by atoms with E-state index < -0.39 is 12.1 Å². The Morgan fingerprint density at radius 1 is 0.967 bits per heavy atom. The van der Waals surface area contributed by atoms with Gasteiger partial charge in [0.1, 0.15) is 5.75 Å². The average Bonchev–Trinajstić information content (AvgIpc) is 2.70. The Bertz CT molecular complexity index is 694. The van der Waals surface area contributed by atoms with E-state index in [2.05, 4.69) is 69.8 Å². The number of ether oxygens (including phenoxy) is 2. The summed E-state index contributed by atoms with van der Waals surface area (Å²) >= 11 is 0. The molecule has 30 heavy (non-hydrogen) atoms. The first-order valence-electron chi connectivity index (χ1n) is 11.3. The number of carbonyl (C=O) groups excluding carboxylic acids is 2. The Balaban J connectivity index is 2.61. The smallest absolute Gasteiger partial charge is 0.414 e. The predicted octanol–water partition coefficient (Wildman–Crippen LogP) is 6.27. The molecular formula is C25H41NO4. The summed E-state index contributed by atoms with van der Waals surface area (Å²) in [6.07, 6.45) is 3.92. The molecule has 0 saturated heterocycles. The van der Waals surface area contributed by atoms with Crippen molar-refractivity contribution in [2.45, 2.75) is 97.8 Å². The van der Waals surface area contributed by atoms with Gasteiger partial charge in [-0.3, -0.25) is 4.79 Å². The van der Waals surface area contributed by atoms with Crippen LogP contribution < -0.4 is 10.1 Å². The first kappa shape index (κ1) is 26.0. The summed E-state index contributed by atoms with van der Waals surface area (Å²) in [7, 11) is 0. The van der Waals surface area contributed by atoms with Crippen LogP contribution in [0.3, 0.4) is 0 Å². The van der Waals surface area contributed by atoms with Gasteiger partial charge < -0.3 is 14.8 Å². The molecule has 0 aliphatic rings. The zero-order valence-corrected chi connectivity index (χ0v) is 20.0. The van der Waals surface area contributed by atoms with E-state index in [4.69, 9.17) is 4.74 Å². The van der Waals surface area contributed by atoms with Crippen LogP contribution in [0.2, 0.25) is 0 Å². The van der Waals surface area contributed by atoms with E-state index in [9.17, 15) is 9.59 Å². The van der Waals surface area contributed by atoms with E-state index in [0.717, 1.165) is 31.4 Å². The minimum absolute atomic E-state index is 0.0332. The molecule has 0 heterocycles. The second-order valence-corrected chi connectivity index (χ2v) is 9.18. The minimum atomic E-state index is -0.671. The summed E-state index contributed by atoms with van der Waals surface area (Å²) in [5.74, 6) is 0.453. The van der Waals surface area contributed by atoms with Crippen LogP contribution in [0.1, 0.15) is 98.1 Å². The number of alkyl carbamates (subject to hydrolysis) is 1. The topological polar surface area (TPSA) is 64.6 Å². The van der Waals surface area contributed by atoms with Crippen molar-refractivity contribution < 1.29 is 19.1 Å². The Labute approximate surface area is 182 Å². The van der Waals surface area contributed by atoms with Crippen LogP contribution in [0.4, 0.5) is 4.79 Å². The molecule has 0 aliphatic heterocycles. The standard InChI is InChI=1S/C25H41NO4/c1-8-13-22(27)30-23(28)26-16-11-12-17-29-21-15-14-19(24(4,5)9-2)18-20(21)25(6,7)10-3/h14-15,18H,8-13,16-17H2,1-7H3,(H,26,28). The van der Waals surface area contributed by atoms with E-state index in [1.165, 1.54) is 11.1 Å². The predicted molar refractivity (Wildman–Crippen MR) is 122 cm³/mol. The van der Waals surface area contributed by atoms with Crippen molar-refractivity contribution in [1.29, 1.82) is 0 Å². The molecule has 5 nitrogen and oxygen atoms in total. The molecule has 1 N–H and O–H groups in total. The molecule has 5 heteroatoms. The number of nitrogens with one attached hydrogen (secondary N) is 1. The maximum Gasteiger partial charge on any atom is 0.414 e. The average molecular weight is 420 g/mol. The van der Waals surface area contributed by atoms with Crippen molar-refractivity contribution in [3.05, 3.63) is 29.3 Å². The van der Waals surface area contributed by atoms with Crippen LogP contribution in [0.25, 0.3) is 0 Å². The summed E-state index contributed by atoms with van der Waals surface area (Å²) in [5, 5.41) is 2.61. The second kappa shape index (κ2) is 12.0. The molecule has 0 bridgehead atoms. The Morgan fingerprint density at radius 3 is 2.23 bits per heavy atom. The fourth-order valence-corrected chi connectivity index (χ4v) is 2.99. The highest BCUT2D eigenvalue weighted by Crippen LogP contribution is 2.38. The van der Waals surface area contributed by atoms with Gasteiger partial charge in [0.15, 0.2) is 0 Å². The number of esters is 1. The molecule has 0 spiro atoms. The molecule has 0 saturated carbocycles. The van der Waals surface area contributed by atoms with Gasteiger partial charge >= 0.3 is 12.1 Å². The largest absolute Gasteiger partial charge is 0.493 e. The summed E-state index contributed by atoms with van der Waals surface area (Å²) in [4.78, 5) is 22.8. The van der Waals surface area contributed by atoms with Gasteiger partial charge in [-0.15, -0.1) is 0 Å². The van der Waals surface area contributed by atoms with Crippen molar-refractivity contribution in [3.63, 3.8) is 0 Å². The van der Waals surface area contributed by atoms with Gasteiger partial charge in [-0.25, -0.2) is 4.79 Å². The Kier molecular flexibility index (Phi) is 10.4. The van der Waals surface area contributed by atoms with Gasteiger partial charge in [0, 0.05) is 18.5 Å². The fourth-order valence-electron chi connectivity index (χ4n) is 2.99. The Morgan fingerprint density at radius 2 is 1.63 bits per heavy atom. The third-order valence-electron chi connectivity index (χ3n) is 6.02. The molecule has 170 valence electrons. The fraction of sp³-hybridized carbons (Fsp3) is 0.680. The van der Waals surface area contributed by atoms with Crippen LogP contribution in [0.5, 0.6) is 5.75 Å². The maximum atomic E-state index is 11.5. The molecular weight excluding hydrogens is 378 g/mol. The highest BCUT2D eigenvalue weighted by molar-refractivity contribution is 5.84. The lowest BCUT2D eigenvalue weighted by Gasteiger charge is -2.30. The number of hydrogen-bond acceptors (Lipinski definition) is 4. The highest BCUT2D eigenvalue weighted by Gasteiger charge is 2.26. The van der Waals surface area contributed by atoms with Gasteiger partial charge in [0.05, 0.1) is 6.61 Å². The van der Waals surface area contributed by atoms with Crippen LogP contribution >= 0.6 is 0 Å². The van der Waals surface area contributed by atoms with E-state index in [1.54, 1.807) is 0 Å². The maximum absolute atomic E-state index is 11.5. The molecule has 0 aliphatic carbocycles. The molecule has 0 atom stereocenters. The minimum Gasteiger partial charge on any atom is -0.493 e. The lowest BCUT2D eigenvalue weighted by Crippen LogP contribution is -2.27. The third-order valence-corrected chi connectivity index (χ3v) is 6.02. The monoisotopic (exact) mass is 419 g/mol. The first-order chi connectivity index (χ1) is 14.1. The van der Waals surface area contributed by atoms with E-state index >= 15 is 0 Å². The molecule has 0 unspecified atom stereocenters. The number of hydrogen-bond donors (Lipinski definition) is 1. The van der Waals surface area contributed by atoms with Crippen molar-refractivity contribution in [2.75, 3.05) is 13.2 Å². The van der Waals surface area contributed by atoms with Crippen LogP contribution in [-0.4, -0.2) is 25.2 Å². The number of unbranched alkanes of at least 4 members (excludes halogenated alkanes) is 1. The summed E-state index contributed by atoms with van der Waals surface area (Å²) in [5.41, 5.74) is 2.76. The quantitative estimate of drug-likeness (QED) is 0.246. The SMILES string of the molecule is CCCC(=O)OC(=O)NCCCCOc1ccc(C(C)(C)CC)cc1C(C)(C)CC. The van der Waals surface area contributed by atoms with Gasteiger partial charge in [-0.2, -0.15) is 0 Å². The van der Waals surface area contributed by atoms with Gasteiger partial charge in [0.2, 0.25) is 0 Å². The number of benzene rings is 1. The molecule has 1 aromatic carbocycles. The number of rotatable bonds is 12. The molecule has 0 aromatic heterocycles. The molecule has 1 aromatic rings. The summed E-state index contributed by atoms with van der Waals surface area (Å²) in [6, 6.07) is 6.60. The van der Waals surface area contributed by atoms with E-state index in [-0.39, 0.29) is 17.3 Å². The summed E-state index contributed by atoms with van der Waals surface area (Å²) in [6.45, 7) is 16.4. The lowest BCUT2D eigenvalue weighted by molar-refractivity contribution is -0.137. The van der Waals surface area contributed by atoms with Crippen LogP contribution in [0, 0.1) is 0 Å². The van der Waals surface area contributed by atoms with Crippen molar-refractivity contribution >= 4 is 12.1 Å². The number of carbonyl (C=O) groups is 2. The van der Waals surface area contributed by atoms with E-state index in [0.29, 0.717) is 19.6 Å². The van der Waals surface area contributed by atoms with Gasteiger partial charge in [-0.1, -0.05) is 60.6 Å². The van der Waals surface area contributed by atoms with Gasteiger partial charge in [0.25, 0.3) is 0 Å². The molecule has 0 fully saturated rings.